The van der Waals surface area contributed by atoms with Crippen molar-refractivity contribution in [3.8, 4) is 0 Å². The molecule has 0 bridgehead atoms. The van der Waals surface area contributed by atoms with E-state index in [0.29, 0.717) is 33.7 Å². The Hall–Kier alpha value is -2.73. The number of aliphatic hydroxyl groups is 1. The van der Waals surface area contributed by atoms with Crippen LogP contribution in [0.4, 0.5) is 4.39 Å². The van der Waals surface area contributed by atoms with Crippen molar-refractivity contribution < 1.29 is 18.7 Å². The molecule has 1 unspecified atom stereocenters. The van der Waals surface area contributed by atoms with Crippen LogP contribution in [0.3, 0.4) is 0 Å². The van der Waals surface area contributed by atoms with Crippen LogP contribution in [0.25, 0.3) is 10.9 Å². The molecular weight excluding hydrogens is 323 g/mol. The average Bonchev–Trinajstić information content (AvgIpc) is 2.99. The minimum atomic E-state index is -1.33. The van der Waals surface area contributed by atoms with Gasteiger partial charge in [-0.1, -0.05) is 0 Å². The van der Waals surface area contributed by atoms with Gasteiger partial charge < -0.3 is 14.8 Å². The Balaban J connectivity index is 1.80. The molecule has 0 radical (unpaired) electrons. The van der Waals surface area contributed by atoms with Crippen molar-refractivity contribution in [1.82, 2.24) is 10.3 Å². The first-order valence-electron chi connectivity index (χ1n) is 7.91. The lowest BCUT2D eigenvalue weighted by Crippen LogP contribution is -2.38. The zero-order valence-corrected chi connectivity index (χ0v) is 14.3. The van der Waals surface area contributed by atoms with Gasteiger partial charge in [-0.05, 0) is 51.1 Å². The van der Waals surface area contributed by atoms with Gasteiger partial charge in [0.15, 0.2) is 0 Å². The molecule has 0 fully saturated rings. The van der Waals surface area contributed by atoms with E-state index in [-0.39, 0.29) is 18.3 Å². The lowest BCUT2D eigenvalue weighted by atomic mass is 10.0. The molecule has 2 aromatic heterocycles. The SMILES string of the molecule is Cc1ccc(C(C)(O)CNC(=O)c2cc3ccc(F)cc3nc2C)o1. The number of halogens is 1. The minimum absolute atomic E-state index is 0.0142. The maximum atomic E-state index is 13.3. The van der Waals surface area contributed by atoms with Crippen molar-refractivity contribution in [2.75, 3.05) is 6.54 Å². The molecule has 1 amide bonds. The molecule has 0 aliphatic rings. The van der Waals surface area contributed by atoms with E-state index in [9.17, 15) is 14.3 Å². The summed E-state index contributed by atoms with van der Waals surface area (Å²) in [5.74, 6) is 0.332. The standard InChI is InChI=1S/C19H19FN2O3/c1-11-4-7-17(25-11)19(3,24)10-21-18(23)15-8-13-5-6-14(20)9-16(13)22-12(15)2/h4-9,24H,10H2,1-3H3,(H,21,23). The monoisotopic (exact) mass is 342 g/mol. The fourth-order valence-corrected chi connectivity index (χ4v) is 2.63. The second-order valence-electron chi connectivity index (χ2n) is 6.33. The molecule has 5 nitrogen and oxygen atoms in total. The number of amides is 1. The molecule has 0 aliphatic carbocycles. The first kappa shape index (κ1) is 17.1. The van der Waals surface area contributed by atoms with Crippen LogP contribution in [0.1, 0.15) is 34.5 Å². The molecule has 0 saturated carbocycles. The van der Waals surface area contributed by atoms with Crippen LogP contribution in [0, 0.1) is 19.7 Å². The van der Waals surface area contributed by atoms with Gasteiger partial charge in [0.2, 0.25) is 0 Å². The highest BCUT2D eigenvalue weighted by Crippen LogP contribution is 2.22. The number of carbonyl (C=O) groups is 1. The summed E-state index contributed by atoms with van der Waals surface area (Å²) in [6, 6.07) is 9.33. The Labute approximate surface area is 144 Å². The Morgan fingerprint density at radius 3 is 2.72 bits per heavy atom. The molecule has 25 heavy (non-hydrogen) atoms. The third-order valence-corrected chi connectivity index (χ3v) is 4.08. The predicted octanol–water partition coefficient (Wildman–Crippen LogP) is 3.22. The predicted molar refractivity (Wildman–Crippen MR) is 91.8 cm³/mol. The molecule has 3 aromatic rings. The summed E-state index contributed by atoms with van der Waals surface area (Å²) in [5, 5.41) is 13.9. The van der Waals surface area contributed by atoms with Crippen molar-refractivity contribution in [3.05, 3.63) is 65.0 Å². The zero-order chi connectivity index (χ0) is 18.2. The Morgan fingerprint density at radius 2 is 2.04 bits per heavy atom. The molecule has 3 rings (SSSR count). The summed E-state index contributed by atoms with van der Waals surface area (Å²) >= 11 is 0. The molecule has 2 N–H and O–H groups in total. The zero-order valence-electron chi connectivity index (χ0n) is 14.3. The molecular formula is C19H19FN2O3. The van der Waals surface area contributed by atoms with E-state index in [1.165, 1.54) is 12.1 Å². The highest BCUT2D eigenvalue weighted by Gasteiger charge is 2.28. The Bertz CT molecular complexity index is 947. The number of fused-ring (bicyclic) bond motifs is 1. The number of furan rings is 1. The van der Waals surface area contributed by atoms with E-state index < -0.39 is 5.60 Å². The first-order chi connectivity index (χ1) is 11.8. The number of aryl methyl sites for hydroxylation is 2. The fraction of sp³-hybridized carbons (Fsp3) is 0.263. The maximum absolute atomic E-state index is 13.3. The molecule has 0 saturated heterocycles. The van der Waals surface area contributed by atoms with Crippen molar-refractivity contribution in [2.24, 2.45) is 0 Å². The summed E-state index contributed by atoms with van der Waals surface area (Å²) in [6.45, 7) is 5.03. The van der Waals surface area contributed by atoms with Gasteiger partial charge in [0.05, 0.1) is 23.3 Å². The van der Waals surface area contributed by atoms with E-state index in [1.54, 1.807) is 45.0 Å². The maximum Gasteiger partial charge on any atom is 0.253 e. The van der Waals surface area contributed by atoms with Gasteiger partial charge in [-0.3, -0.25) is 9.78 Å². The Kier molecular flexibility index (Phi) is 4.30. The molecule has 130 valence electrons. The van der Waals surface area contributed by atoms with Gasteiger partial charge in [0, 0.05) is 11.5 Å². The minimum Gasteiger partial charge on any atom is -0.463 e. The van der Waals surface area contributed by atoms with Crippen LogP contribution in [-0.4, -0.2) is 22.5 Å². The number of hydrogen-bond acceptors (Lipinski definition) is 4. The van der Waals surface area contributed by atoms with E-state index in [1.807, 2.05) is 0 Å². The molecule has 1 atom stereocenters. The third kappa shape index (κ3) is 3.53. The number of carbonyl (C=O) groups excluding carboxylic acids is 1. The quantitative estimate of drug-likeness (QED) is 0.763. The smallest absolute Gasteiger partial charge is 0.253 e. The summed E-state index contributed by atoms with van der Waals surface area (Å²) < 4.78 is 18.7. The van der Waals surface area contributed by atoms with Crippen molar-refractivity contribution in [2.45, 2.75) is 26.4 Å². The van der Waals surface area contributed by atoms with E-state index in [0.717, 1.165) is 0 Å². The van der Waals surface area contributed by atoms with E-state index in [2.05, 4.69) is 10.3 Å². The molecule has 0 aliphatic heterocycles. The number of rotatable bonds is 4. The molecule has 0 spiro atoms. The largest absolute Gasteiger partial charge is 0.463 e. The first-order valence-corrected chi connectivity index (χ1v) is 7.91. The lowest BCUT2D eigenvalue weighted by Gasteiger charge is -2.21. The molecule has 1 aromatic carbocycles. The van der Waals surface area contributed by atoms with Gasteiger partial charge in [-0.15, -0.1) is 0 Å². The van der Waals surface area contributed by atoms with Crippen LogP contribution in [0.15, 0.2) is 40.8 Å². The number of hydrogen-bond donors (Lipinski definition) is 2. The van der Waals surface area contributed by atoms with Crippen molar-refractivity contribution in [1.29, 1.82) is 0 Å². The van der Waals surface area contributed by atoms with Crippen molar-refractivity contribution in [3.63, 3.8) is 0 Å². The average molecular weight is 342 g/mol. The van der Waals surface area contributed by atoms with Crippen LogP contribution < -0.4 is 5.32 Å². The summed E-state index contributed by atoms with van der Waals surface area (Å²) in [5.41, 5.74) is 0.0346. The number of pyridine rings is 1. The van der Waals surface area contributed by atoms with Gasteiger partial charge >= 0.3 is 0 Å². The normalized spacial score (nSPS) is 13.6. The lowest BCUT2D eigenvalue weighted by molar-refractivity contribution is 0.0323. The fourth-order valence-electron chi connectivity index (χ4n) is 2.63. The Morgan fingerprint density at radius 1 is 1.28 bits per heavy atom. The number of nitrogens with one attached hydrogen (secondary N) is 1. The van der Waals surface area contributed by atoms with Crippen molar-refractivity contribution >= 4 is 16.8 Å². The highest BCUT2D eigenvalue weighted by molar-refractivity contribution is 5.98. The molecule has 2 heterocycles. The van der Waals surface area contributed by atoms with Crippen LogP contribution in [-0.2, 0) is 5.60 Å². The van der Waals surface area contributed by atoms with Gasteiger partial charge in [-0.2, -0.15) is 0 Å². The molecule has 6 heteroatoms. The van der Waals surface area contributed by atoms with Crippen LogP contribution >= 0.6 is 0 Å². The van der Waals surface area contributed by atoms with Gasteiger partial charge in [-0.25, -0.2) is 4.39 Å². The summed E-state index contributed by atoms with van der Waals surface area (Å²) in [6.07, 6.45) is 0. The number of benzene rings is 1. The number of aromatic nitrogens is 1. The summed E-state index contributed by atoms with van der Waals surface area (Å²) in [4.78, 5) is 16.8. The van der Waals surface area contributed by atoms with Gasteiger partial charge in [0.1, 0.15) is 22.9 Å². The van der Waals surface area contributed by atoms with E-state index in [4.69, 9.17) is 4.42 Å². The van der Waals surface area contributed by atoms with Crippen LogP contribution in [0.5, 0.6) is 0 Å². The highest BCUT2D eigenvalue weighted by atomic mass is 19.1. The van der Waals surface area contributed by atoms with Gasteiger partial charge in [0.25, 0.3) is 5.91 Å². The number of nitrogens with zero attached hydrogens (tertiary/aromatic N) is 1. The third-order valence-electron chi connectivity index (χ3n) is 4.08. The summed E-state index contributed by atoms with van der Waals surface area (Å²) in [7, 11) is 0. The topological polar surface area (TPSA) is 75.4 Å². The second kappa shape index (κ2) is 6.29. The van der Waals surface area contributed by atoms with E-state index >= 15 is 0 Å². The van der Waals surface area contributed by atoms with Crippen LogP contribution in [0.2, 0.25) is 0 Å². The second-order valence-corrected chi connectivity index (χ2v) is 6.33.